The minimum atomic E-state index is -0.685. The number of hydrogen-bond donors (Lipinski definition) is 0. The summed E-state index contributed by atoms with van der Waals surface area (Å²) >= 11 is 1.25. The third-order valence-corrected chi connectivity index (χ3v) is 6.39. The maximum Gasteiger partial charge on any atom is 0.338 e. The van der Waals surface area contributed by atoms with E-state index >= 15 is 0 Å². The van der Waals surface area contributed by atoms with Crippen LogP contribution < -0.4 is 24.5 Å². The van der Waals surface area contributed by atoms with Gasteiger partial charge in [-0.15, -0.1) is 0 Å². The quantitative estimate of drug-likeness (QED) is 0.354. The van der Waals surface area contributed by atoms with Gasteiger partial charge < -0.3 is 18.8 Å². The van der Waals surface area contributed by atoms with Gasteiger partial charge in [-0.25, -0.2) is 9.79 Å². The van der Waals surface area contributed by atoms with Crippen LogP contribution in [0.4, 0.5) is 5.88 Å². The highest BCUT2D eigenvalue weighted by Gasteiger charge is 2.33. The predicted octanol–water partition coefficient (Wildman–Crippen LogP) is 3.02. The number of esters is 1. The van der Waals surface area contributed by atoms with Crippen molar-refractivity contribution in [2.75, 3.05) is 32.2 Å². The van der Waals surface area contributed by atoms with E-state index < -0.39 is 12.0 Å². The molecule has 1 atom stereocenters. The van der Waals surface area contributed by atoms with E-state index in [4.69, 9.17) is 13.9 Å². The lowest BCUT2D eigenvalue weighted by molar-refractivity contribution is -0.139. The van der Waals surface area contributed by atoms with Gasteiger partial charge in [0.25, 0.3) is 5.56 Å². The van der Waals surface area contributed by atoms with E-state index in [1.807, 2.05) is 43.3 Å². The molecule has 8 nitrogen and oxygen atoms in total. The van der Waals surface area contributed by atoms with Gasteiger partial charge in [0.05, 0.1) is 28.5 Å². The van der Waals surface area contributed by atoms with Gasteiger partial charge in [-0.05, 0) is 37.6 Å². The highest BCUT2D eigenvalue weighted by atomic mass is 32.1. The van der Waals surface area contributed by atoms with Gasteiger partial charge in [-0.1, -0.05) is 36.1 Å². The Bertz CT molecular complexity index is 1460. The molecule has 182 valence electrons. The van der Waals surface area contributed by atoms with Crippen molar-refractivity contribution < 1.29 is 18.7 Å². The van der Waals surface area contributed by atoms with Crippen molar-refractivity contribution in [3.63, 3.8) is 0 Å². The van der Waals surface area contributed by atoms with E-state index in [2.05, 4.69) is 11.6 Å². The number of anilines is 1. The number of rotatable bonds is 8. The van der Waals surface area contributed by atoms with Gasteiger partial charge in [-0.2, -0.15) is 0 Å². The second-order valence-corrected chi connectivity index (χ2v) is 9.05. The second-order valence-electron chi connectivity index (χ2n) is 8.04. The molecule has 1 aromatic carbocycles. The fraction of sp³-hybridized carbons (Fsp3) is 0.269. The third kappa shape index (κ3) is 4.85. The van der Waals surface area contributed by atoms with Crippen LogP contribution in [0.3, 0.4) is 0 Å². The van der Waals surface area contributed by atoms with Crippen molar-refractivity contribution in [2.45, 2.75) is 19.9 Å². The summed E-state index contributed by atoms with van der Waals surface area (Å²) in [7, 11) is 3.76. The second kappa shape index (κ2) is 10.2. The Morgan fingerprint density at radius 3 is 2.63 bits per heavy atom. The number of furan rings is 1. The number of thiazole rings is 1. The first-order chi connectivity index (χ1) is 16.8. The summed E-state index contributed by atoms with van der Waals surface area (Å²) < 4.78 is 18.7. The van der Waals surface area contributed by atoms with Gasteiger partial charge >= 0.3 is 5.97 Å². The Morgan fingerprint density at radius 2 is 2.00 bits per heavy atom. The van der Waals surface area contributed by atoms with Gasteiger partial charge in [0.2, 0.25) is 0 Å². The number of carbonyl (C=O) groups is 1. The maximum absolute atomic E-state index is 13.6. The molecule has 2 aromatic heterocycles. The normalized spacial score (nSPS) is 15.4. The van der Waals surface area contributed by atoms with Crippen molar-refractivity contribution in [3.05, 3.63) is 91.3 Å². The summed E-state index contributed by atoms with van der Waals surface area (Å²) in [5.41, 5.74) is 1.33. The first kappa shape index (κ1) is 24.3. The zero-order valence-electron chi connectivity index (χ0n) is 20.1. The van der Waals surface area contributed by atoms with Crippen LogP contribution in [-0.4, -0.2) is 37.8 Å². The molecule has 3 aromatic rings. The van der Waals surface area contributed by atoms with E-state index in [1.165, 1.54) is 11.3 Å². The van der Waals surface area contributed by atoms with Crippen LogP contribution in [-0.2, 0) is 9.53 Å². The minimum absolute atomic E-state index is 0.216. The zero-order valence-corrected chi connectivity index (χ0v) is 20.9. The van der Waals surface area contributed by atoms with Gasteiger partial charge in [0.1, 0.15) is 18.1 Å². The topological polar surface area (TPSA) is 86.3 Å². The molecule has 0 aliphatic carbocycles. The highest BCUT2D eigenvalue weighted by Crippen LogP contribution is 2.31. The molecule has 0 saturated heterocycles. The largest absolute Gasteiger partial charge is 0.490 e. The molecule has 0 radical (unpaired) electrons. The average molecular weight is 494 g/mol. The van der Waals surface area contributed by atoms with E-state index in [0.717, 1.165) is 5.56 Å². The molecular formula is C26H27N3O5S. The SMILES string of the molecule is C=CCOc1ccc([C@H]2C(C(=O)OCC)=C(C)N=c3s/c(=C\c4ccc(N(C)C)o4)c(=O)n32)cc1. The van der Waals surface area contributed by atoms with Crippen LogP contribution in [0.5, 0.6) is 5.75 Å². The lowest BCUT2D eigenvalue weighted by Gasteiger charge is -2.24. The number of aromatic nitrogens is 1. The van der Waals surface area contributed by atoms with Crippen molar-refractivity contribution >= 4 is 29.3 Å². The smallest absolute Gasteiger partial charge is 0.338 e. The van der Waals surface area contributed by atoms with E-state index in [0.29, 0.717) is 44.6 Å². The van der Waals surface area contributed by atoms with Crippen molar-refractivity contribution in [1.29, 1.82) is 0 Å². The fourth-order valence-electron chi connectivity index (χ4n) is 3.80. The molecule has 1 aliphatic heterocycles. The summed E-state index contributed by atoms with van der Waals surface area (Å²) in [4.78, 5) is 33.5. The summed E-state index contributed by atoms with van der Waals surface area (Å²) in [6.07, 6.45) is 3.36. The Labute approximate surface area is 206 Å². The Balaban J connectivity index is 1.86. The molecule has 3 heterocycles. The third-order valence-electron chi connectivity index (χ3n) is 5.41. The van der Waals surface area contributed by atoms with Crippen LogP contribution in [0.25, 0.3) is 6.08 Å². The molecule has 1 aliphatic rings. The molecule has 4 rings (SSSR count). The summed E-state index contributed by atoms with van der Waals surface area (Å²) in [6.45, 7) is 7.76. The number of benzene rings is 1. The van der Waals surface area contributed by atoms with Gasteiger partial charge in [0, 0.05) is 26.2 Å². The number of fused-ring (bicyclic) bond motifs is 1. The molecule has 9 heteroatoms. The standard InChI is InChI=1S/C26H27N3O5S/c1-6-14-33-18-10-8-17(9-11-18)23-22(25(31)32-7-2)16(3)27-26-29(23)24(30)20(35-26)15-19-12-13-21(34-19)28(4)5/h6,8-13,15,23H,1,7,14H2,2-5H3/b20-15-/t23-/m0/s1. The molecule has 0 unspecified atom stereocenters. The predicted molar refractivity (Wildman–Crippen MR) is 136 cm³/mol. The van der Waals surface area contributed by atoms with Crippen LogP contribution in [0, 0.1) is 0 Å². The highest BCUT2D eigenvalue weighted by molar-refractivity contribution is 7.07. The maximum atomic E-state index is 13.6. The first-order valence-electron chi connectivity index (χ1n) is 11.1. The number of allylic oxidation sites excluding steroid dienone is 1. The molecule has 35 heavy (non-hydrogen) atoms. The van der Waals surface area contributed by atoms with Crippen molar-refractivity contribution in [3.8, 4) is 5.75 Å². The van der Waals surface area contributed by atoms with E-state index in [1.54, 1.807) is 42.7 Å². The number of ether oxygens (including phenoxy) is 2. The molecule has 0 fully saturated rings. The summed E-state index contributed by atoms with van der Waals surface area (Å²) in [5.74, 6) is 1.40. The molecule has 0 saturated carbocycles. The van der Waals surface area contributed by atoms with Gasteiger partial charge in [0.15, 0.2) is 10.7 Å². The molecular weight excluding hydrogens is 466 g/mol. The number of carbonyl (C=O) groups excluding carboxylic acids is 1. The van der Waals surface area contributed by atoms with Crippen LogP contribution in [0.15, 0.2) is 74.5 Å². The zero-order chi connectivity index (χ0) is 25.1. The number of nitrogens with zero attached hydrogens (tertiary/aromatic N) is 3. The lowest BCUT2D eigenvalue weighted by atomic mass is 9.96. The van der Waals surface area contributed by atoms with Gasteiger partial charge in [-0.3, -0.25) is 9.36 Å². The average Bonchev–Trinajstić information content (AvgIpc) is 3.42. The summed E-state index contributed by atoms with van der Waals surface area (Å²) in [6, 6.07) is 10.3. The Hall–Kier alpha value is -3.85. The molecule has 0 bridgehead atoms. The summed E-state index contributed by atoms with van der Waals surface area (Å²) in [5, 5.41) is 0. The van der Waals surface area contributed by atoms with Crippen LogP contribution >= 0.6 is 11.3 Å². The minimum Gasteiger partial charge on any atom is -0.490 e. The Morgan fingerprint density at radius 1 is 1.26 bits per heavy atom. The van der Waals surface area contributed by atoms with Crippen molar-refractivity contribution in [1.82, 2.24) is 4.57 Å². The van der Waals surface area contributed by atoms with E-state index in [9.17, 15) is 9.59 Å². The molecule has 0 N–H and O–H groups in total. The first-order valence-corrected chi connectivity index (χ1v) is 12.0. The number of hydrogen-bond acceptors (Lipinski definition) is 8. The van der Waals surface area contributed by atoms with Crippen LogP contribution in [0.2, 0.25) is 0 Å². The fourth-order valence-corrected chi connectivity index (χ4v) is 4.82. The lowest BCUT2D eigenvalue weighted by Crippen LogP contribution is -2.39. The Kier molecular flexibility index (Phi) is 7.07. The van der Waals surface area contributed by atoms with Crippen LogP contribution in [0.1, 0.15) is 31.2 Å². The van der Waals surface area contributed by atoms with Crippen molar-refractivity contribution in [2.24, 2.45) is 4.99 Å². The molecule has 0 amide bonds. The molecule has 0 spiro atoms. The van der Waals surface area contributed by atoms with E-state index in [-0.39, 0.29) is 12.2 Å². The monoisotopic (exact) mass is 493 g/mol.